The number of benzene rings is 2. The number of nitrogens with one attached hydrogen (secondary N) is 1. The third-order valence-electron chi connectivity index (χ3n) is 7.64. The molecule has 1 unspecified atom stereocenters. The Morgan fingerprint density at radius 1 is 1.14 bits per heavy atom. The topological polar surface area (TPSA) is 95.4 Å². The molecule has 1 saturated carbocycles. The van der Waals surface area contributed by atoms with E-state index >= 15 is 4.39 Å². The van der Waals surface area contributed by atoms with Crippen LogP contribution in [0.2, 0.25) is 0 Å². The van der Waals surface area contributed by atoms with Crippen molar-refractivity contribution in [1.82, 2.24) is 13.8 Å². The molecule has 2 aromatic heterocycles. The van der Waals surface area contributed by atoms with Gasteiger partial charge in [-0.05, 0) is 93.2 Å². The summed E-state index contributed by atoms with van der Waals surface area (Å²) in [6, 6.07) is 8.93. The Morgan fingerprint density at radius 2 is 1.89 bits per heavy atom. The van der Waals surface area contributed by atoms with Gasteiger partial charge in [-0.15, -0.1) is 0 Å². The van der Waals surface area contributed by atoms with E-state index in [9.17, 15) is 19.5 Å². The zero-order chi connectivity index (χ0) is 26.2. The highest BCUT2D eigenvalue weighted by Gasteiger charge is 2.35. The number of rotatable bonds is 3. The van der Waals surface area contributed by atoms with Crippen LogP contribution < -0.4 is 11.0 Å². The minimum Gasteiger partial charge on any atom is -0.465 e. The normalized spacial score (nSPS) is 17.8. The van der Waals surface area contributed by atoms with Crippen LogP contribution in [-0.2, 0) is 12.8 Å². The summed E-state index contributed by atoms with van der Waals surface area (Å²) in [6.45, 7) is 5.72. The molecule has 4 aromatic rings. The van der Waals surface area contributed by atoms with E-state index in [2.05, 4.69) is 4.37 Å². The fraction of sp³-hybridized carbons (Fsp3) is 0.393. The van der Waals surface area contributed by atoms with Crippen LogP contribution >= 0.6 is 11.5 Å². The molecule has 2 aromatic carbocycles. The van der Waals surface area contributed by atoms with E-state index in [0.29, 0.717) is 35.2 Å². The number of aromatic nitrogens is 2. The molecule has 1 amide bonds. The fourth-order valence-corrected chi connectivity index (χ4v) is 6.81. The van der Waals surface area contributed by atoms with E-state index in [1.165, 1.54) is 6.07 Å². The van der Waals surface area contributed by atoms with Gasteiger partial charge in [0.2, 0.25) is 5.43 Å². The molecule has 1 fully saturated rings. The average molecular weight is 522 g/mol. The maximum absolute atomic E-state index is 15.5. The van der Waals surface area contributed by atoms with Gasteiger partial charge in [-0.3, -0.25) is 14.0 Å². The molecule has 6 rings (SSSR count). The smallest absolute Gasteiger partial charge is 0.407 e. The molecule has 0 aliphatic heterocycles. The third kappa shape index (κ3) is 3.87. The van der Waals surface area contributed by atoms with Gasteiger partial charge in [-0.1, -0.05) is 18.2 Å². The Kier molecular flexibility index (Phi) is 5.35. The summed E-state index contributed by atoms with van der Waals surface area (Å²) in [5.74, 6) is -0.503. The van der Waals surface area contributed by atoms with E-state index in [0.717, 1.165) is 41.1 Å². The number of fused-ring (bicyclic) bond motifs is 3. The summed E-state index contributed by atoms with van der Waals surface area (Å²) >= 11 is 1.15. The highest BCUT2D eigenvalue weighted by atomic mass is 32.1. The fourth-order valence-electron chi connectivity index (χ4n) is 5.88. The van der Waals surface area contributed by atoms with Crippen molar-refractivity contribution in [2.24, 2.45) is 0 Å². The number of halogens is 1. The molecule has 2 aliphatic carbocycles. The van der Waals surface area contributed by atoms with E-state index in [4.69, 9.17) is 0 Å². The highest BCUT2D eigenvalue weighted by molar-refractivity contribution is 7.12. The van der Waals surface area contributed by atoms with Crippen LogP contribution in [0.5, 0.6) is 0 Å². The molecule has 0 radical (unpaired) electrons. The summed E-state index contributed by atoms with van der Waals surface area (Å²) in [7, 11) is 0. The second-order valence-corrected chi connectivity index (χ2v) is 12.0. The molecular weight excluding hydrogens is 493 g/mol. The van der Waals surface area contributed by atoms with Gasteiger partial charge >= 0.3 is 6.09 Å². The standard InChI is InChI=1S/C28H28FN3O4S/c1-28(2,3)32(27(35)36)18-7-6-14-10-16(5-4-15(14)11-18)19-13-22-20(12-21(19)29)24(33)23-25(34)30-37-26(23)31(22)17-8-9-17/h4-5,10,12-13,17-18H,6-9,11H2,1-3H3,(H,30,34)(H,35,36). The Bertz CT molecular complexity index is 1710. The number of pyridine rings is 1. The third-order valence-corrected chi connectivity index (χ3v) is 8.52. The highest BCUT2D eigenvalue weighted by Crippen LogP contribution is 2.41. The van der Waals surface area contributed by atoms with Gasteiger partial charge in [-0.25, -0.2) is 9.18 Å². The lowest BCUT2D eigenvalue weighted by Gasteiger charge is -2.41. The molecule has 2 N–H and O–H groups in total. The number of carbonyl (C=O) groups is 1. The summed E-state index contributed by atoms with van der Waals surface area (Å²) in [5, 5.41) is 10.1. The van der Waals surface area contributed by atoms with Crippen molar-refractivity contribution in [3.63, 3.8) is 0 Å². The number of hydrogen-bond acceptors (Lipinski definition) is 4. The zero-order valence-corrected chi connectivity index (χ0v) is 21.7. The molecule has 9 heteroatoms. The van der Waals surface area contributed by atoms with Crippen LogP contribution in [0.4, 0.5) is 9.18 Å². The summed E-state index contributed by atoms with van der Waals surface area (Å²) in [5.41, 5.74) is 2.58. The Hall–Kier alpha value is -3.46. The minimum absolute atomic E-state index is 0.102. The molecule has 37 heavy (non-hydrogen) atoms. The van der Waals surface area contributed by atoms with Gasteiger partial charge in [-0.2, -0.15) is 0 Å². The van der Waals surface area contributed by atoms with Crippen molar-refractivity contribution < 1.29 is 14.3 Å². The monoisotopic (exact) mass is 521 g/mol. The lowest BCUT2D eigenvalue weighted by Crippen LogP contribution is -2.52. The van der Waals surface area contributed by atoms with Crippen LogP contribution in [0, 0.1) is 5.82 Å². The van der Waals surface area contributed by atoms with E-state index in [1.54, 1.807) is 11.0 Å². The van der Waals surface area contributed by atoms with Crippen LogP contribution in [-0.4, -0.2) is 36.6 Å². The van der Waals surface area contributed by atoms with Crippen LogP contribution in [0.1, 0.15) is 57.2 Å². The SMILES string of the molecule is CC(C)(C)N(C(=O)O)C1CCc2cc(-c3cc4c(cc3F)c(=O)c3c(=O)[nH]sc3n4C3CC3)ccc2C1. The zero-order valence-electron chi connectivity index (χ0n) is 20.9. The first-order valence-electron chi connectivity index (χ1n) is 12.6. The van der Waals surface area contributed by atoms with Crippen LogP contribution in [0.15, 0.2) is 39.9 Å². The largest absolute Gasteiger partial charge is 0.465 e. The number of hydrogen-bond donors (Lipinski definition) is 2. The molecule has 1 atom stereocenters. The number of H-pyrrole nitrogens is 1. The molecule has 2 heterocycles. The maximum atomic E-state index is 15.5. The van der Waals surface area contributed by atoms with Crippen LogP contribution in [0.3, 0.4) is 0 Å². The first kappa shape index (κ1) is 23.9. The Balaban J connectivity index is 1.44. The van der Waals surface area contributed by atoms with Gasteiger partial charge in [0.05, 0.1) is 5.52 Å². The number of nitrogens with zero attached hydrogens (tertiary/aromatic N) is 2. The Labute approximate surface area is 216 Å². The molecule has 192 valence electrons. The molecule has 2 aliphatic rings. The average Bonchev–Trinajstić information content (AvgIpc) is 3.59. The maximum Gasteiger partial charge on any atom is 0.407 e. The van der Waals surface area contributed by atoms with Gasteiger partial charge in [0, 0.05) is 28.6 Å². The van der Waals surface area contributed by atoms with Gasteiger partial charge in [0.1, 0.15) is 16.0 Å². The number of aromatic amines is 1. The van der Waals surface area contributed by atoms with Crippen molar-refractivity contribution in [3.8, 4) is 11.1 Å². The first-order chi connectivity index (χ1) is 17.5. The van der Waals surface area contributed by atoms with E-state index < -0.39 is 28.4 Å². The van der Waals surface area contributed by atoms with Crippen molar-refractivity contribution >= 4 is 38.7 Å². The predicted molar refractivity (Wildman–Crippen MR) is 143 cm³/mol. The predicted octanol–water partition coefficient (Wildman–Crippen LogP) is 5.68. The summed E-state index contributed by atoms with van der Waals surface area (Å²) < 4.78 is 20.2. The quantitative estimate of drug-likeness (QED) is 0.363. The molecular formula is C28H28FN3O4S. The number of amides is 1. The van der Waals surface area contributed by atoms with Gasteiger partial charge in [0.25, 0.3) is 5.56 Å². The van der Waals surface area contributed by atoms with Crippen molar-refractivity contribution in [2.45, 2.75) is 70.5 Å². The van der Waals surface area contributed by atoms with Gasteiger partial charge in [0.15, 0.2) is 0 Å². The molecule has 0 saturated heterocycles. The molecule has 7 nitrogen and oxygen atoms in total. The lowest BCUT2D eigenvalue weighted by molar-refractivity contribution is 0.0653. The van der Waals surface area contributed by atoms with Crippen molar-refractivity contribution in [3.05, 3.63) is 67.9 Å². The second-order valence-electron chi connectivity index (χ2n) is 11.2. The first-order valence-corrected chi connectivity index (χ1v) is 13.4. The Morgan fingerprint density at radius 3 is 2.57 bits per heavy atom. The summed E-state index contributed by atoms with van der Waals surface area (Å²) in [4.78, 5) is 39.6. The lowest BCUT2D eigenvalue weighted by atomic mass is 9.84. The van der Waals surface area contributed by atoms with E-state index in [1.807, 2.05) is 43.5 Å². The van der Waals surface area contributed by atoms with Gasteiger partial charge < -0.3 is 14.6 Å². The van der Waals surface area contributed by atoms with Crippen LogP contribution in [0.25, 0.3) is 32.2 Å². The minimum atomic E-state index is -0.918. The number of carboxylic acid groups (broad SMARTS) is 1. The summed E-state index contributed by atoms with van der Waals surface area (Å²) in [6.07, 6.45) is 3.01. The number of aryl methyl sites for hydroxylation is 1. The van der Waals surface area contributed by atoms with Crippen molar-refractivity contribution in [2.75, 3.05) is 0 Å². The second kappa shape index (κ2) is 8.28. The molecule has 0 spiro atoms. The van der Waals surface area contributed by atoms with E-state index in [-0.39, 0.29) is 22.9 Å². The molecule has 0 bridgehead atoms. The van der Waals surface area contributed by atoms with Crippen molar-refractivity contribution in [1.29, 1.82) is 0 Å².